The Balaban J connectivity index is -0.000000125. The number of hydrogen-bond acceptors (Lipinski definition) is 4. The molecule has 6 nitrogen and oxygen atoms in total. The second-order valence-electron chi connectivity index (χ2n) is 0.327. The molecule has 0 amide bonds. The molecule has 0 heterocycles. The first-order chi connectivity index (χ1) is 2.91. The van der Waals surface area contributed by atoms with Crippen LogP contribution in [0.25, 0.3) is 10.4 Å². The molecule has 7 heavy (non-hydrogen) atoms. The predicted octanol–water partition coefficient (Wildman–Crippen LogP) is -1.97. The van der Waals surface area contributed by atoms with E-state index in [1.807, 2.05) is 4.91 Å². The second-order valence-corrected chi connectivity index (χ2v) is 0.327. The van der Waals surface area contributed by atoms with Crippen LogP contribution in [0, 0.1) is 4.91 Å². The molecule has 0 aliphatic carbocycles. The molecule has 0 aromatic rings. The molecule has 0 radical (unpaired) electrons. The summed E-state index contributed by atoms with van der Waals surface area (Å²) in [6.45, 7) is 0. The normalized spacial score (nSPS) is 4.57. The number of nitrogens with zero attached hydrogens (tertiary/aromatic N) is 4. The van der Waals surface area contributed by atoms with Crippen LogP contribution in [-0.2, 0) is 4.94 Å². The Kier molecular flexibility index (Phi) is 13.0. The monoisotopic (exact) mass is 112 g/mol. The number of azide groups is 1. The van der Waals surface area contributed by atoms with E-state index in [9.17, 15) is 0 Å². The fraction of sp³-hybridized carbons (Fsp3) is 0. The minimum Gasteiger partial charge on any atom is -1.00 e. The van der Waals surface area contributed by atoms with Crippen LogP contribution in [0.4, 0.5) is 0 Å². The minimum atomic E-state index is 0. The summed E-state index contributed by atoms with van der Waals surface area (Å²) in [5.74, 6) is 0. The van der Waals surface area contributed by atoms with Gasteiger partial charge in [-0.1, -0.05) is 0 Å². The van der Waals surface area contributed by atoms with Crippen molar-refractivity contribution in [1.29, 1.82) is 0 Å². The Morgan fingerprint density at radius 2 is 2.43 bits per heavy atom. The quantitative estimate of drug-likeness (QED) is 0.103. The summed E-state index contributed by atoms with van der Waals surface area (Å²) in [4.78, 5) is 14.1. The van der Waals surface area contributed by atoms with Gasteiger partial charge in [-0.2, -0.15) is 0 Å². The molecule has 0 aliphatic rings. The zero-order chi connectivity index (χ0) is 4.83. The molecule has 0 aliphatic heterocycles. The van der Waals surface area contributed by atoms with Gasteiger partial charge in [-0.15, -0.1) is 4.91 Å². The van der Waals surface area contributed by atoms with Gasteiger partial charge in [-0.3, -0.25) is 0 Å². The third-order valence-electron chi connectivity index (χ3n) is 0.106. The topological polar surface area (TPSA) is 87.4 Å². The number of rotatable bonds is 2. The van der Waals surface area contributed by atoms with E-state index in [2.05, 4.69) is 10.2 Å². The average Bonchev–Trinajstić information content (AvgIpc) is 1.61. The maximum Gasteiger partial charge on any atom is 1.00 e. The number of hydrogen-bond donors (Lipinski definition) is 0. The van der Waals surface area contributed by atoms with Gasteiger partial charge < -0.3 is 1.43 Å². The van der Waals surface area contributed by atoms with Crippen molar-refractivity contribution < 1.29 is 35.9 Å². The van der Waals surface area contributed by atoms with E-state index < -0.39 is 0 Å². The van der Waals surface area contributed by atoms with Gasteiger partial charge in [0.1, 0.15) is 5.28 Å². The summed E-state index contributed by atoms with van der Waals surface area (Å²) >= 11 is 0. The van der Waals surface area contributed by atoms with Crippen LogP contribution in [0.3, 0.4) is 0 Å². The maximum atomic E-state index is 8.83. The van der Waals surface area contributed by atoms with Crippen LogP contribution in [0.2, 0.25) is 0 Å². The molecule has 0 saturated carbocycles. The van der Waals surface area contributed by atoms with E-state index >= 15 is 0 Å². The van der Waals surface area contributed by atoms with Crippen LogP contribution < -0.4 is 29.6 Å². The van der Waals surface area contributed by atoms with Crippen LogP contribution in [0.15, 0.2) is 10.6 Å². The summed E-state index contributed by atoms with van der Waals surface area (Å²) < 4.78 is 0. The van der Waals surface area contributed by atoms with Gasteiger partial charge in [0.05, 0.1) is 0 Å². The van der Waals surface area contributed by atoms with Gasteiger partial charge in [0.2, 0.25) is 0 Å². The molecular formula is HN4NaO2. The first-order valence-corrected chi connectivity index (χ1v) is 0.948. The molecule has 0 N–H and O–H groups in total. The van der Waals surface area contributed by atoms with Gasteiger partial charge in [0.15, 0.2) is 5.34 Å². The van der Waals surface area contributed by atoms with Gasteiger partial charge in [0, 0.05) is 4.91 Å². The van der Waals surface area contributed by atoms with Crippen LogP contribution >= 0.6 is 0 Å². The van der Waals surface area contributed by atoms with E-state index in [1.165, 1.54) is 0 Å². The third kappa shape index (κ3) is 10.7. The minimum absolute atomic E-state index is 0. The molecule has 0 aromatic carbocycles. The van der Waals surface area contributed by atoms with Gasteiger partial charge in [0.25, 0.3) is 0 Å². The van der Waals surface area contributed by atoms with E-state index in [0.29, 0.717) is 0 Å². The summed E-state index contributed by atoms with van der Waals surface area (Å²) in [5, 5.41) is 4.05. The van der Waals surface area contributed by atoms with Gasteiger partial charge >= 0.3 is 29.6 Å². The van der Waals surface area contributed by atoms with Crippen LogP contribution in [0.1, 0.15) is 1.43 Å². The van der Waals surface area contributed by atoms with Crippen molar-refractivity contribution in [2.24, 2.45) is 10.6 Å². The van der Waals surface area contributed by atoms with Crippen LogP contribution in [0.5, 0.6) is 0 Å². The Morgan fingerprint density at radius 3 is 2.57 bits per heavy atom. The average molecular weight is 112 g/mol. The molecule has 0 atom stereocenters. The SMILES string of the molecule is [H-].[N-]=[N+]=NON=O.[Na+]. The Hall–Kier alpha value is -0.290. The van der Waals surface area contributed by atoms with Gasteiger partial charge in [-0.25, -0.2) is 4.94 Å². The molecule has 0 fully saturated rings. The van der Waals surface area contributed by atoms with Crippen molar-refractivity contribution in [1.82, 2.24) is 0 Å². The third-order valence-corrected chi connectivity index (χ3v) is 0.106. The van der Waals surface area contributed by atoms with Crippen molar-refractivity contribution in [3.63, 3.8) is 0 Å². The molecule has 7 heteroatoms. The Bertz CT molecular complexity index is 88.0. The van der Waals surface area contributed by atoms with Crippen molar-refractivity contribution in [2.75, 3.05) is 0 Å². The molecule has 0 spiro atoms. The van der Waals surface area contributed by atoms with E-state index in [0.717, 1.165) is 0 Å². The first-order valence-electron chi connectivity index (χ1n) is 0.948. The Labute approximate surface area is 62.1 Å². The largest absolute Gasteiger partial charge is 1.00 e. The summed E-state index contributed by atoms with van der Waals surface area (Å²) in [7, 11) is 0. The molecule has 0 rings (SSSR count). The maximum absolute atomic E-state index is 8.83. The summed E-state index contributed by atoms with van der Waals surface area (Å²) in [6, 6.07) is 0. The standard InChI is InChI=1S/N4O2.Na.H/c1-2-3-6-4-5;;/q;+1;-1. The zero-order valence-corrected chi connectivity index (χ0v) is 5.61. The summed E-state index contributed by atoms with van der Waals surface area (Å²) in [6.07, 6.45) is 0. The molecule has 0 unspecified atom stereocenters. The van der Waals surface area contributed by atoms with Crippen molar-refractivity contribution >= 4 is 0 Å². The molecule has 0 saturated heterocycles. The molecule has 0 bridgehead atoms. The fourth-order valence-corrected chi connectivity index (χ4v) is 0.0312. The molecule has 34 valence electrons. The smallest absolute Gasteiger partial charge is 1.00 e. The second kappa shape index (κ2) is 9.20. The van der Waals surface area contributed by atoms with Crippen LogP contribution in [-0.4, -0.2) is 0 Å². The molecule has 0 aromatic heterocycles. The Morgan fingerprint density at radius 1 is 1.86 bits per heavy atom. The van der Waals surface area contributed by atoms with Crippen molar-refractivity contribution in [3.8, 4) is 0 Å². The van der Waals surface area contributed by atoms with Crippen molar-refractivity contribution in [2.45, 2.75) is 0 Å². The van der Waals surface area contributed by atoms with Crippen molar-refractivity contribution in [3.05, 3.63) is 15.3 Å². The fourth-order valence-electron chi connectivity index (χ4n) is 0.0312. The summed E-state index contributed by atoms with van der Waals surface area (Å²) in [5.41, 5.74) is 7.33. The molecular weight excluding hydrogens is 111 g/mol. The van der Waals surface area contributed by atoms with E-state index in [4.69, 9.17) is 10.4 Å². The van der Waals surface area contributed by atoms with E-state index in [1.54, 1.807) is 5.34 Å². The van der Waals surface area contributed by atoms with E-state index in [-0.39, 0.29) is 31.0 Å². The predicted molar refractivity (Wildman–Crippen MR) is 17.1 cm³/mol. The first kappa shape index (κ1) is 9.86. The van der Waals surface area contributed by atoms with Gasteiger partial charge in [-0.05, 0) is 5.53 Å². The zero-order valence-electron chi connectivity index (χ0n) is 4.61.